The van der Waals surface area contributed by atoms with Gasteiger partial charge in [-0.25, -0.2) is 4.98 Å². The van der Waals surface area contributed by atoms with Gasteiger partial charge in [0.25, 0.3) is 5.82 Å². The molecule has 172 valence electrons. The molecule has 34 heavy (non-hydrogen) atoms. The molecule has 0 aliphatic heterocycles. The van der Waals surface area contributed by atoms with Crippen LogP contribution in [-0.2, 0) is 6.61 Å². The van der Waals surface area contributed by atoms with Crippen LogP contribution in [0.3, 0.4) is 0 Å². The third-order valence-electron chi connectivity index (χ3n) is 6.43. The van der Waals surface area contributed by atoms with Crippen LogP contribution in [0.25, 0.3) is 28.0 Å². The van der Waals surface area contributed by atoms with Crippen molar-refractivity contribution in [2.75, 3.05) is 5.32 Å². The summed E-state index contributed by atoms with van der Waals surface area (Å²) in [6, 6.07) is 16.8. The second-order valence-corrected chi connectivity index (χ2v) is 8.82. The van der Waals surface area contributed by atoms with Crippen molar-refractivity contribution in [3.63, 3.8) is 0 Å². The number of imidazole rings is 2. The maximum absolute atomic E-state index is 6.07. The van der Waals surface area contributed by atoms with Gasteiger partial charge in [-0.15, -0.1) is 0 Å². The Hall–Kier alpha value is -3.98. The number of fused-ring (bicyclic) bond motifs is 2. The van der Waals surface area contributed by atoms with Crippen LogP contribution in [0, 0.1) is 0 Å². The lowest BCUT2D eigenvalue weighted by Crippen LogP contribution is -2.34. The molecule has 3 aromatic heterocycles. The monoisotopic (exact) mass is 455 g/mol. The third kappa shape index (κ3) is 4.06. The maximum atomic E-state index is 6.07. The van der Waals surface area contributed by atoms with Gasteiger partial charge in [0, 0.05) is 18.2 Å². The molecule has 0 atom stereocenters. The first kappa shape index (κ1) is 20.6. The van der Waals surface area contributed by atoms with Crippen molar-refractivity contribution in [2.24, 2.45) is 5.73 Å². The van der Waals surface area contributed by atoms with Gasteiger partial charge < -0.3 is 20.8 Å². The molecule has 1 aliphatic rings. The molecule has 9 nitrogen and oxygen atoms in total. The molecule has 1 fully saturated rings. The number of hydrogen-bond donors (Lipinski definition) is 4. The van der Waals surface area contributed by atoms with Crippen molar-refractivity contribution in [3.05, 3.63) is 66.7 Å². The Bertz CT molecular complexity index is 1420. The summed E-state index contributed by atoms with van der Waals surface area (Å²) in [5, 5.41) is 3.50. The average molecular weight is 456 g/mol. The summed E-state index contributed by atoms with van der Waals surface area (Å²) in [5.41, 5.74) is 10.5. The molecular formula is C25H27N8O+. The standard InChI is InChI=1S/C25H26N8O/c26-17-6-8-18(9-7-17)30-25-31-23-22(27-14-28-23)24(32-25)33-15-29-20-11-10-19(12-21(20)33)34-13-16-4-2-1-3-5-16/h1-5,10-12,14-15,17-18H,6-9,13,26H2,(H2,27,28,30,31,32)/p+1. The number of rotatable bonds is 6. The fraction of sp³-hybridized carbons (Fsp3) is 0.280. The Morgan fingerprint density at radius 2 is 1.88 bits per heavy atom. The van der Waals surface area contributed by atoms with Crippen molar-refractivity contribution in [1.82, 2.24) is 24.9 Å². The lowest BCUT2D eigenvalue weighted by Gasteiger charge is -2.26. The fourth-order valence-electron chi connectivity index (χ4n) is 4.55. The Morgan fingerprint density at radius 1 is 1.03 bits per heavy atom. The minimum Gasteiger partial charge on any atom is -0.489 e. The Kier molecular flexibility index (Phi) is 5.31. The smallest absolute Gasteiger partial charge is 0.302 e. The lowest BCUT2D eigenvalue weighted by molar-refractivity contribution is -0.569. The van der Waals surface area contributed by atoms with Gasteiger partial charge in [0.05, 0.1) is 6.33 Å². The Balaban J connectivity index is 1.33. The molecule has 0 amide bonds. The van der Waals surface area contributed by atoms with E-state index in [0.717, 1.165) is 59.4 Å². The molecule has 6 rings (SSSR count). The Labute approximate surface area is 196 Å². The number of aromatic amines is 2. The SMILES string of the molecule is NC1CCC(Nc2nc(-[n+]3c[nH]c4ccc(OCc5ccccc5)cc43)c3[nH]cnc3n2)CC1. The van der Waals surface area contributed by atoms with Crippen molar-refractivity contribution in [3.8, 4) is 11.6 Å². The van der Waals surface area contributed by atoms with E-state index in [2.05, 4.69) is 37.4 Å². The normalized spacial score (nSPS) is 18.4. The summed E-state index contributed by atoms with van der Waals surface area (Å²) in [4.78, 5) is 20.4. The van der Waals surface area contributed by atoms with Crippen LogP contribution in [0.2, 0.25) is 0 Å². The molecule has 0 bridgehead atoms. The van der Waals surface area contributed by atoms with Gasteiger partial charge in [-0.2, -0.15) is 9.55 Å². The molecule has 2 aromatic carbocycles. The van der Waals surface area contributed by atoms with E-state index in [1.807, 2.05) is 47.3 Å². The topological polar surface area (TPSA) is 121 Å². The first-order chi connectivity index (χ1) is 16.7. The number of aromatic nitrogens is 6. The minimum absolute atomic E-state index is 0.295. The second-order valence-electron chi connectivity index (χ2n) is 8.82. The summed E-state index contributed by atoms with van der Waals surface area (Å²) in [6.07, 6.45) is 7.60. The Morgan fingerprint density at radius 3 is 2.74 bits per heavy atom. The van der Waals surface area contributed by atoms with Crippen molar-refractivity contribution >= 4 is 28.1 Å². The van der Waals surface area contributed by atoms with Crippen LogP contribution in [0.5, 0.6) is 5.75 Å². The van der Waals surface area contributed by atoms with Crippen LogP contribution in [0.4, 0.5) is 5.95 Å². The molecule has 0 unspecified atom stereocenters. The average Bonchev–Trinajstić information content (AvgIpc) is 3.51. The minimum atomic E-state index is 0.295. The van der Waals surface area contributed by atoms with Gasteiger partial charge in [0.2, 0.25) is 0 Å². The van der Waals surface area contributed by atoms with E-state index < -0.39 is 0 Å². The van der Waals surface area contributed by atoms with E-state index in [1.165, 1.54) is 0 Å². The fourth-order valence-corrected chi connectivity index (χ4v) is 4.55. The first-order valence-corrected chi connectivity index (χ1v) is 11.7. The van der Waals surface area contributed by atoms with Gasteiger partial charge in [-0.1, -0.05) is 35.3 Å². The summed E-state index contributed by atoms with van der Waals surface area (Å²) in [6.45, 7) is 0.508. The van der Waals surface area contributed by atoms with Gasteiger partial charge >= 0.3 is 5.95 Å². The van der Waals surface area contributed by atoms with E-state index in [4.69, 9.17) is 15.5 Å². The molecule has 9 heteroatoms. The van der Waals surface area contributed by atoms with Crippen molar-refractivity contribution < 1.29 is 9.30 Å². The van der Waals surface area contributed by atoms with E-state index in [1.54, 1.807) is 6.33 Å². The molecule has 0 spiro atoms. The van der Waals surface area contributed by atoms with Crippen LogP contribution in [0.15, 0.2) is 61.2 Å². The maximum Gasteiger partial charge on any atom is 0.302 e. The highest BCUT2D eigenvalue weighted by Gasteiger charge is 2.24. The zero-order valence-corrected chi connectivity index (χ0v) is 18.7. The quantitative estimate of drug-likeness (QED) is 0.291. The van der Waals surface area contributed by atoms with Crippen molar-refractivity contribution in [1.29, 1.82) is 0 Å². The highest BCUT2D eigenvalue weighted by molar-refractivity contribution is 5.79. The second kappa shape index (κ2) is 8.75. The molecule has 3 heterocycles. The summed E-state index contributed by atoms with van der Waals surface area (Å²) in [5.74, 6) is 2.09. The number of nitrogens with zero attached hydrogens (tertiary/aromatic N) is 4. The van der Waals surface area contributed by atoms with Crippen LogP contribution in [-0.4, -0.2) is 37.0 Å². The number of nitrogens with one attached hydrogen (secondary N) is 3. The van der Waals surface area contributed by atoms with Crippen molar-refractivity contribution in [2.45, 2.75) is 44.4 Å². The lowest BCUT2D eigenvalue weighted by atomic mass is 9.92. The number of benzene rings is 2. The summed E-state index contributed by atoms with van der Waals surface area (Å²) >= 11 is 0. The number of anilines is 1. The summed E-state index contributed by atoms with van der Waals surface area (Å²) in [7, 11) is 0. The molecule has 1 saturated carbocycles. The number of ether oxygens (including phenoxy) is 1. The van der Waals surface area contributed by atoms with Gasteiger partial charge in [-0.3, -0.25) is 4.98 Å². The van der Waals surface area contributed by atoms with E-state index in [0.29, 0.717) is 30.3 Å². The van der Waals surface area contributed by atoms with Crippen LogP contribution < -0.4 is 20.4 Å². The van der Waals surface area contributed by atoms with E-state index in [-0.39, 0.29) is 0 Å². The zero-order chi connectivity index (χ0) is 22.9. The molecule has 0 saturated heterocycles. The number of H-pyrrole nitrogens is 2. The molecule has 1 aliphatic carbocycles. The molecule has 0 radical (unpaired) electrons. The third-order valence-corrected chi connectivity index (χ3v) is 6.43. The van der Waals surface area contributed by atoms with E-state index in [9.17, 15) is 0 Å². The highest BCUT2D eigenvalue weighted by atomic mass is 16.5. The number of hydrogen-bond acceptors (Lipinski definition) is 6. The largest absolute Gasteiger partial charge is 0.489 e. The highest BCUT2D eigenvalue weighted by Crippen LogP contribution is 2.23. The zero-order valence-electron chi connectivity index (χ0n) is 18.7. The predicted molar refractivity (Wildman–Crippen MR) is 130 cm³/mol. The number of nitrogens with two attached hydrogens (primary N) is 1. The molecule has 5 N–H and O–H groups in total. The van der Waals surface area contributed by atoms with Crippen LogP contribution >= 0.6 is 0 Å². The van der Waals surface area contributed by atoms with Gasteiger partial charge in [-0.05, 0) is 43.4 Å². The predicted octanol–water partition coefficient (Wildman–Crippen LogP) is 3.37. The molecule has 5 aromatic rings. The van der Waals surface area contributed by atoms with Gasteiger partial charge in [0.1, 0.15) is 23.4 Å². The van der Waals surface area contributed by atoms with Crippen LogP contribution in [0.1, 0.15) is 31.2 Å². The van der Waals surface area contributed by atoms with E-state index >= 15 is 0 Å². The van der Waals surface area contributed by atoms with Gasteiger partial charge in [0.15, 0.2) is 17.5 Å². The first-order valence-electron chi connectivity index (χ1n) is 11.7. The summed E-state index contributed by atoms with van der Waals surface area (Å²) < 4.78 is 8.07. The molecular weight excluding hydrogens is 428 g/mol.